The topological polar surface area (TPSA) is 48.3 Å². The summed E-state index contributed by atoms with van der Waals surface area (Å²) < 4.78 is 5.75. The number of hydrogen-bond acceptors (Lipinski definition) is 4. The molecular weight excluding hydrogens is 238 g/mol. The molecule has 1 saturated heterocycles. The molecule has 0 radical (unpaired) electrons. The van der Waals surface area contributed by atoms with E-state index in [0.717, 1.165) is 44.0 Å². The Morgan fingerprint density at radius 1 is 1.53 bits per heavy atom. The second-order valence-corrected chi connectivity index (χ2v) is 4.93. The van der Waals surface area contributed by atoms with Crippen molar-refractivity contribution in [3.05, 3.63) is 29.3 Å². The van der Waals surface area contributed by atoms with Crippen LogP contribution in [0.3, 0.4) is 0 Å². The van der Waals surface area contributed by atoms with Gasteiger partial charge in [0.25, 0.3) is 0 Å². The fourth-order valence-corrected chi connectivity index (χ4v) is 2.32. The predicted molar refractivity (Wildman–Crippen MR) is 76.2 cm³/mol. The lowest BCUT2D eigenvalue weighted by Crippen LogP contribution is -2.45. The lowest BCUT2D eigenvalue weighted by atomic mass is 10.1. The fraction of sp³-hybridized carbons (Fsp3) is 0.533. The molecule has 19 heavy (non-hydrogen) atoms. The molecule has 1 aliphatic heterocycles. The highest BCUT2D eigenvalue weighted by molar-refractivity contribution is 5.58. The third-order valence-corrected chi connectivity index (χ3v) is 3.49. The molecule has 4 nitrogen and oxygen atoms in total. The van der Waals surface area contributed by atoms with Crippen molar-refractivity contribution in [3.63, 3.8) is 0 Å². The molecule has 0 amide bonds. The molecule has 1 unspecified atom stereocenters. The van der Waals surface area contributed by atoms with Crippen molar-refractivity contribution in [2.45, 2.75) is 20.0 Å². The molecular formula is C15H21N3O. The molecule has 0 aliphatic carbocycles. The Labute approximate surface area is 115 Å². The SMILES string of the molecule is CCN1CCOC(CNc2cc(C)ccc2C#N)C1. The third-order valence-electron chi connectivity index (χ3n) is 3.49. The minimum atomic E-state index is 0.195. The quantitative estimate of drug-likeness (QED) is 0.898. The molecule has 102 valence electrons. The van der Waals surface area contributed by atoms with Crippen LogP contribution in [0, 0.1) is 18.3 Å². The first kappa shape index (κ1) is 13.9. The molecule has 1 aromatic carbocycles. The maximum atomic E-state index is 9.10. The third kappa shape index (κ3) is 3.69. The summed E-state index contributed by atoms with van der Waals surface area (Å²) >= 11 is 0. The standard InChI is InChI=1S/C15H21N3O/c1-3-18-6-7-19-14(11-18)10-17-15-8-12(2)4-5-13(15)9-16/h4-5,8,14,17H,3,6-7,10-11H2,1-2H3. The van der Waals surface area contributed by atoms with Crippen LogP contribution in [-0.4, -0.2) is 43.8 Å². The van der Waals surface area contributed by atoms with Gasteiger partial charge in [-0.3, -0.25) is 4.90 Å². The van der Waals surface area contributed by atoms with Crippen LogP contribution in [0.2, 0.25) is 0 Å². The zero-order valence-corrected chi connectivity index (χ0v) is 11.6. The summed E-state index contributed by atoms with van der Waals surface area (Å²) in [4.78, 5) is 2.39. The van der Waals surface area contributed by atoms with Crippen LogP contribution in [0.15, 0.2) is 18.2 Å². The molecule has 0 bridgehead atoms. The van der Waals surface area contributed by atoms with E-state index < -0.39 is 0 Å². The number of benzene rings is 1. The Morgan fingerprint density at radius 3 is 3.11 bits per heavy atom. The smallest absolute Gasteiger partial charge is 0.101 e. The van der Waals surface area contributed by atoms with E-state index in [1.165, 1.54) is 0 Å². The predicted octanol–water partition coefficient (Wildman–Crippen LogP) is 2.00. The van der Waals surface area contributed by atoms with Crippen molar-refractivity contribution in [2.24, 2.45) is 0 Å². The van der Waals surface area contributed by atoms with Gasteiger partial charge in [-0.05, 0) is 31.2 Å². The summed E-state index contributed by atoms with van der Waals surface area (Å²) in [6.07, 6.45) is 0.195. The van der Waals surface area contributed by atoms with Crippen molar-refractivity contribution < 1.29 is 4.74 Å². The van der Waals surface area contributed by atoms with Gasteiger partial charge < -0.3 is 10.1 Å². The number of morpholine rings is 1. The second kappa shape index (κ2) is 6.55. The van der Waals surface area contributed by atoms with Gasteiger partial charge in [0.15, 0.2) is 0 Å². The van der Waals surface area contributed by atoms with Gasteiger partial charge in [0, 0.05) is 19.6 Å². The van der Waals surface area contributed by atoms with Crippen molar-refractivity contribution in [1.29, 1.82) is 5.26 Å². The summed E-state index contributed by atoms with van der Waals surface area (Å²) in [6.45, 7) is 8.77. The van der Waals surface area contributed by atoms with E-state index in [1.54, 1.807) is 0 Å². The van der Waals surface area contributed by atoms with E-state index >= 15 is 0 Å². The van der Waals surface area contributed by atoms with Gasteiger partial charge in [-0.15, -0.1) is 0 Å². The molecule has 0 saturated carbocycles. The van der Waals surface area contributed by atoms with Crippen LogP contribution in [0.4, 0.5) is 5.69 Å². The van der Waals surface area contributed by atoms with Crippen molar-refractivity contribution in [1.82, 2.24) is 4.90 Å². The van der Waals surface area contributed by atoms with E-state index in [-0.39, 0.29) is 6.10 Å². The monoisotopic (exact) mass is 259 g/mol. The number of nitrogens with one attached hydrogen (secondary N) is 1. The molecule has 1 aromatic rings. The molecule has 0 aromatic heterocycles. The van der Waals surface area contributed by atoms with E-state index in [0.29, 0.717) is 5.56 Å². The first-order valence-electron chi connectivity index (χ1n) is 6.81. The second-order valence-electron chi connectivity index (χ2n) is 4.93. The highest BCUT2D eigenvalue weighted by Gasteiger charge is 2.19. The summed E-state index contributed by atoms with van der Waals surface area (Å²) in [5, 5.41) is 12.4. The summed E-state index contributed by atoms with van der Waals surface area (Å²) in [7, 11) is 0. The molecule has 0 spiro atoms. The molecule has 1 N–H and O–H groups in total. The normalized spacial score (nSPS) is 19.9. The minimum absolute atomic E-state index is 0.195. The van der Waals surface area contributed by atoms with Crippen LogP contribution in [0.5, 0.6) is 0 Å². The molecule has 1 fully saturated rings. The van der Waals surface area contributed by atoms with Crippen LogP contribution >= 0.6 is 0 Å². The number of nitriles is 1. The molecule has 4 heteroatoms. The first-order chi connectivity index (χ1) is 9.22. The van der Waals surface area contributed by atoms with Gasteiger partial charge >= 0.3 is 0 Å². The lowest BCUT2D eigenvalue weighted by molar-refractivity contribution is -0.0191. The van der Waals surface area contributed by atoms with Gasteiger partial charge in [0.2, 0.25) is 0 Å². The largest absolute Gasteiger partial charge is 0.381 e. The maximum Gasteiger partial charge on any atom is 0.101 e. The Balaban J connectivity index is 1.95. The van der Waals surface area contributed by atoms with Crippen molar-refractivity contribution >= 4 is 5.69 Å². The Hall–Kier alpha value is -1.57. The zero-order chi connectivity index (χ0) is 13.7. The highest BCUT2D eigenvalue weighted by atomic mass is 16.5. The van der Waals surface area contributed by atoms with Crippen LogP contribution < -0.4 is 5.32 Å². The Bertz CT molecular complexity index is 467. The number of aryl methyl sites for hydroxylation is 1. The summed E-state index contributed by atoms with van der Waals surface area (Å²) in [5.41, 5.74) is 2.75. The summed E-state index contributed by atoms with van der Waals surface area (Å²) in [6, 6.07) is 8.05. The zero-order valence-electron chi connectivity index (χ0n) is 11.6. The highest BCUT2D eigenvalue weighted by Crippen LogP contribution is 2.17. The van der Waals surface area contributed by atoms with Gasteiger partial charge in [-0.25, -0.2) is 0 Å². The minimum Gasteiger partial charge on any atom is -0.381 e. The Morgan fingerprint density at radius 2 is 2.37 bits per heavy atom. The summed E-state index contributed by atoms with van der Waals surface area (Å²) in [5.74, 6) is 0. The van der Waals surface area contributed by atoms with Gasteiger partial charge in [0.05, 0.1) is 24.0 Å². The van der Waals surface area contributed by atoms with E-state index in [9.17, 15) is 0 Å². The molecule has 1 heterocycles. The molecule has 1 aliphatic rings. The number of hydrogen-bond donors (Lipinski definition) is 1. The molecule has 1 atom stereocenters. The number of anilines is 1. The number of nitrogens with zero attached hydrogens (tertiary/aromatic N) is 2. The van der Waals surface area contributed by atoms with Crippen molar-refractivity contribution in [2.75, 3.05) is 38.1 Å². The number of rotatable bonds is 4. The van der Waals surface area contributed by atoms with Crippen LogP contribution in [-0.2, 0) is 4.74 Å². The van der Waals surface area contributed by atoms with Crippen molar-refractivity contribution in [3.8, 4) is 6.07 Å². The number of likely N-dealkylation sites (N-methyl/N-ethyl adjacent to an activating group) is 1. The van der Waals surface area contributed by atoms with Gasteiger partial charge in [-0.1, -0.05) is 13.0 Å². The Kier molecular flexibility index (Phi) is 4.78. The average Bonchev–Trinajstić information content (AvgIpc) is 2.45. The van der Waals surface area contributed by atoms with Gasteiger partial charge in [-0.2, -0.15) is 5.26 Å². The number of ether oxygens (including phenoxy) is 1. The lowest BCUT2D eigenvalue weighted by Gasteiger charge is -2.32. The van der Waals surface area contributed by atoms with E-state index in [1.807, 2.05) is 25.1 Å². The fourth-order valence-electron chi connectivity index (χ4n) is 2.32. The average molecular weight is 259 g/mol. The van der Waals surface area contributed by atoms with Gasteiger partial charge in [0.1, 0.15) is 6.07 Å². The van der Waals surface area contributed by atoms with Crippen LogP contribution in [0.25, 0.3) is 0 Å². The van der Waals surface area contributed by atoms with E-state index in [2.05, 4.69) is 23.2 Å². The van der Waals surface area contributed by atoms with Crippen LogP contribution in [0.1, 0.15) is 18.1 Å². The maximum absolute atomic E-state index is 9.10. The first-order valence-corrected chi connectivity index (χ1v) is 6.81. The van der Waals surface area contributed by atoms with E-state index in [4.69, 9.17) is 10.00 Å². The molecule has 2 rings (SSSR count).